The first kappa shape index (κ1) is 26.1. The maximum Gasteiger partial charge on any atom is 0.410 e. The monoisotopic (exact) mass is 519 g/mol. The van der Waals surface area contributed by atoms with Gasteiger partial charge in [-0.1, -0.05) is 11.6 Å². The molecule has 2 saturated heterocycles. The molecule has 0 saturated carbocycles. The second kappa shape index (κ2) is 10.6. The van der Waals surface area contributed by atoms with Crippen molar-refractivity contribution in [3.05, 3.63) is 17.2 Å². The summed E-state index contributed by atoms with van der Waals surface area (Å²) >= 11 is 5.95. The Morgan fingerprint density at radius 2 is 2.06 bits per heavy atom. The van der Waals surface area contributed by atoms with Crippen LogP contribution >= 0.6 is 11.6 Å². The van der Waals surface area contributed by atoms with Gasteiger partial charge in [-0.05, 0) is 47.2 Å². The van der Waals surface area contributed by atoms with Crippen LogP contribution in [0.15, 0.2) is 6.20 Å². The summed E-state index contributed by atoms with van der Waals surface area (Å²) in [4.78, 5) is 31.3. The molecule has 2 aromatic heterocycles. The lowest BCUT2D eigenvalue weighted by Crippen LogP contribution is -2.56. The van der Waals surface area contributed by atoms with Crippen LogP contribution in [0, 0.1) is 17.1 Å². The van der Waals surface area contributed by atoms with Gasteiger partial charge in [0, 0.05) is 31.9 Å². The number of likely N-dealkylation sites (N-methyl/N-ethyl adjacent to an activating group) is 1. The Bertz CT molecular complexity index is 1170. The summed E-state index contributed by atoms with van der Waals surface area (Å²) in [6, 6.07) is 1.99. The number of rotatable bonds is 5. The Morgan fingerprint density at radius 3 is 2.72 bits per heavy atom. The normalized spacial score (nSPS) is 21.0. The highest BCUT2D eigenvalue weighted by atomic mass is 35.5. The molecule has 10 nitrogen and oxygen atoms in total. The van der Waals surface area contributed by atoms with E-state index in [4.69, 9.17) is 21.1 Å². The minimum Gasteiger partial charge on any atom is -0.462 e. The summed E-state index contributed by atoms with van der Waals surface area (Å²) < 4.78 is 26.4. The molecule has 0 unspecified atom stereocenters. The number of pyridine rings is 1. The molecular weight excluding hydrogens is 489 g/mol. The highest BCUT2D eigenvalue weighted by Gasteiger charge is 2.35. The number of fused-ring (bicyclic) bond motifs is 1. The minimum absolute atomic E-state index is 0.0150. The van der Waals surface area contributed by atoms with Crippen molar-refractivity contribution >= 4 is 34.4 Å². The molecular formula is C24H31ClFN7O3. The van der Waals surface area contributed by atoms with Crippen LogP contribution in [0.25, 0.3) is 10.9 Å². The lowest BCUT2D eigenvalue weighted by molar-refractivity contribution is 0.0145. The highest BCUT2D eigenvalue weighted by Crippen LogP contribution is 2.32. The third-order valence-corrected chi connectivity index (χ3v) is 6.68. The Kier molecular flexibility index (Phi) is 7.66. The van der Waals surface area contributed by atoms with Gasteiger partial charge in [0.1, 0.15) is 23.5 Å². The van der Waals surface area contributed by atoms with Gasteiger partial charge in [-0.15, -0.1) is 0 Å². The zero-order chi connectivity index (χ0) is 26.0. The topological polar surface area (TPSA) is 108 Å². The van der Waals surface area contributed by atoms with E-state index >= 15 is 0 Å². The van der Waals surface area contributed by atoms with E-state index < -0.39 is 23.6 Å². The molecule has 0 spiro atoms. The fourth-order valence-corrected chi connectivity index (χ4v) is 4.69. The van der Waals surface area contributed by atoms with Crippen molar-refractivity contribution in [1.82, 2.24) is 24.8 Å². The largest absolute Gasteiger partial charge is 0.462 e. The molecule has 0 radical (unpaired) electrons. The van der Waals surface area contributed by atoms with E-state index in [-0.39, 0.29) is 29.1 Å². The number of ether oxygens (including phenoxy) is 2. The van der Waals surface area contributed by atoms with Gasteiger partial charge >= 0.3 is 12.1 Å². The SMILES string of the molecule is CN1CCC[C@@H]1COc1nc(N2CCN(C(=O)OC(C)(C)C)[C@@H](CC#N)C2)c2cnc(Cl)c(F)c2n1. The maximum atomic E-state index is 15.0. The predicted octanol–water partition coefficient (Wildman–Crippen LogP) is 3.63. The van der Waals surface area contributed by atoms with E-state index in [9.17, 15) is 14.4 Å². The number of halogens is 2. The molecule has 0 aromatic carbocycles. The van der Waals surface area contributed by atoms with Gasteiger partial charge in [0.25, 0.3) is 0 Å². The van der Waals surface area contributed by atoms with Crippen LogP contribution in [0.4, 0.5) is 15.0 Å². The smallest absolute Gasteiger partial charge is 0.410 e. The lowest BCUT2D eigenvalue weighted by Gasteiger charge is -2.41. The quantitative estimate of drug-likeness (QED) is 0.547. The molecule has 2 aliphatic heterocycles. The summed E-state index contributed by atoms with van der Waals surface area (Å²) in [6.45, 7) is 7.76. The Hall–Kier alpha value is -2.97. The third-order valence-electron chi connectivity index (χ3n) is 6.41. The van der Waals surface area contributed by atoms with Gasteiger partial charge in [-0.2, -0.15) is 15.2 Å². The number of carbonyl (C=O) groups excluding carboxylic acids is 1. The van der Waals surface area contributed by atoms with E-state index in [1.165, 1.54) is 6.20 Å². The summed E-state index contributed by atoms with van der Waals surface area (Å²) in [5, 5.41) is 9.51. The molecule has 2 aliphatic rings. The molecule has 12 heteroatoms. The average molecular weight is 520 g/mol. The average Bonchev–Trinajstić information content (AvgIpc) is 3.23. The summed E-state index contributed by atoms with van der Waals surface area (Å²) in [6.07, 6.45) is 3.16. The molecule has 2 fully saturated rings. The molecule has 1 amide bonds. The number of nitriles is 1. The molecule has 194 valence electrons. The fourth-order valence-electron chi connectivity index (χ4n) is 4.55. The molecule has 0 aliphatic carbocycles. The van der Waals surface area contributed by atoms with E-state index in [0.717, 1.165) is 19.4 Å². The Balaban J connectivity index is 1.64. The van der Waals surface area contributed by atoms with Crippen molar-refractivity contribution in [3.8, 4) is 12.1 Å². The van der Waals surface area contributed by atoms with E-state index in [2.05, 4.69) is 25.9 Å². The highest BCUT2D eigenvalue weighted by molar-refractivity contribution is 6.30. The van der Waals surface area contributed by atoms with Gasteiger partial charge in [0.15, 0.2) is 11.0 Å². The van der Waals surface area contributed by atoms with Gasteiger partial charge in [-0.3, -0.25) is 0 Å². The summed E-state index contributed by atoms with van der Waals surface area (Å²) in [5.74, 6) is -0.328. The van der Waals surface area contributed by atoms with E-state index in [1.54, 1.807) is 25.7 Å². The van der Waals surface area contributed by atoms with Crippen LogP contribution in [0.2, 0.25) is 5.15 Å². The molecule has 2 atom stereocenters. The molecule has 4 heterocycles. The first-order valence-electron chi connectivity index (χ1n) is 12.0. The van der Waals surface area contributed by atoms with Crippen molar-refractivity contribution in [2.24, 2.45) is 0 Å². The van der Waals surface area contributed by atoms with Crippen LogP contribution in [0.3, 0.4) is 0 Å². The molecule has 36 heavy (non-hydrogen) atoms. The number of hydrogen-bond acceptors (Lipinski definition) is 9. The van der Waals surface area contributed by atoms with E-state index in [1.807, 2.05) is 11.9 Å². The lowest BCUT2D eigenvalue weighted by atomic mass is 10.1. The van der Waals surface area contributed by atoms with Crippen LogP contribution < -0.4 is 9.64 Å². The minimum atomic E-state index is -0.749. The number of aromatic nitrogens is 3. The summed E-state index contributed by atoms with van der Waals surface area (Å²) in [7, 11) is 2.04. The van der Waals surface area contributed by atoms with Crippen molar-refractivity contribution in [3.63, 3.8) is 0 Å². The van der Waals surface area contributed by atoms with Gasteiger partial charge in [0.2, 0.25) is 0 Å². The number of anilines is 1. The van der Waals surface area contributed by atoms with Gasteiger partial charge in [0.05, 0.1) is 23.9 Å². The van der Waals surface area contributed by atoms with Gasteiger partial charge < -0.3 is 24.2 Å². The van der Waals surface area contributed by atoms with Crippen LogP contribution in [-0.4, -0.2) is 88.4 Å². The molecule has 4 rings (SSSR count). The van der Waals surface area contributed by atoms with Crippen LogP contribution in [0.5, 0.6) is 6.01 Å². The molecule has 0 bridgehead atoms. The zero-order valence-corrected chi connectivity index (χ0v) is 21.8. The van der Waals surface area contributed by atoms with Crippen molar-refractivity contribution < 1.29 is 18.7 Å². The van der Waals surface area contributed by atoms with Crippen molar-refractivity contribution in [2.45, 2.75) is 57.7 Å². The number of piperazine rings is 1. The third kappa shape index (κ3) is 5.71. The predicted molar refractivity (Wildman–Crippen MR) is 133 cm³/mol. The second-order valence-electron chi connectivity index (χ2n) is 10.2. The zero-order valence-electron chi connectivity index (χ0n) is 21.0. The fraction of sp³-hybridized carbons (Fsp3) is 0.625. The molecule has 0 N–H and O–H groups in total. The number of carbonyl (C=O) groups is 1. The maximum absolute atomic E-state index is 15.0. The first-order valence-corrected chi connectivity index (χ1v) is 12.4. The Labute approximate surface area is 214 Å². The van der Waals surface area contributed by atoms with Crippen LogP contribution in [0.1, 0.15) is 40.0 Å². The van der Waals surface area contributed by atoms with E-state index in [0.29, 0.717) is 37.4 Å². The first-order chi connectivity index (χ1) is 17.1. The summed E-state index contributed by atoms with van der Waals surface area (Å²) in [5.41, 5.74) is -0.641. The van der Waals surface area contributed by atoms with Crippen molar-refractivity contribution in [1.29, 1.82) is 5.26 Å². The van der Waals surface area contributed by atoms with Crippen molar-refractivity contribution in [2.75, 3.05) is 44.7 Å². The van der Waals surface area contributed by atoms with Crippen LogP contribution in [-0.2, 0) is 4.74 Å². The number of likely N-dealkylation sites (tertiary alicyclic amines) is 1. The second-order valence-corrected chi connectivity index (χ2v) is 10.5. The number of amides is 1. The standard InChI is InChI=1S/C24H31ClFN7O3/c1-24(2,3)36-23(34)33-11-10-32(13-15(33)7-8-27)21-17-12-28-20(25)18(26)19(17)29-22(30-21)35-14-16-6-5-9-31(16)4/h12,15-16H,5-7,9-11,13-14H2,1-4H3/t15-,16+/m0/s1. The number of hydrogen-bond donors (Lipinski definition) is 0. The van der Waals surface area contributed by atoms with Gasteiger partial charge in [-0.25, -0.2) is 14.2 Å². The number of nitrogens with zero attached hydrogens (tertiary/aromatic N) is 7. The Morgan fingerprint density at radius 1 is 1.28 bits per heavy atom. The molecule has 2 aromatic rings.